The van der Waals surface area contributed by atoms with Gasteiger partial charge in [-0.05, 0) is 221 Å². The second kappa shape index (κ2) is 43.3. The summed E-state index contributed by atoms with van der Waals surface area (Å²) in [5, 5.41) is 15.4. The van der Waals surface area contributed by atoms with E-state index in [-0.39, 0.29) is 87.4 Å². The molecule has 5 aromatic heterocycles. The third-order valence-electron chi connectivity index (χ3n) is 17.4. The van der Waals surface area contributed by atoms with E-state index in [0.29, 0.717) is 65.3 Å². The fourth-order valence-corrected chi connectivity index (χ4v) is 11.4. The summed E-state index contributed by atoms with van der Waals surface area (Å²) in [4.78, 5) is 78.4. The average molecular weight is 1610 g/mol. The monoisotopic (exact) mass is 1610 g/mol. The Morgan fingerprint density at radius 2 is 0.667 bits per heavy atom. The first kappa shape index (κ1) is 91.9. The lowest BCUT2D eigenvalue weighted by molar-refractivity contribution is -0.275. The van der Waals surface area contributed by atoms with Gasteiger partial charge in [-0.15, -0.1) is 26.3 Å². The number of aromatic nitrogens is 5. The van der Waals surface area contributed by atoms with Crippen LogP contribution in [0.3, 0.4) is 0 Å². The lowest BCUT2D eigenvalue weighted by Gasteiger charge is -2.14. The maximum absolute atomic E-state index is 13.0. The largest absolute Gasteiger partial charge is 0.573 e. The summed E-state index contributed by atoms with van der Waals surface area (Å²) in [5.41, 5.74) is 7.77. The predicted octanol–water partition coefficient (Wildman–Crippen LogP) is 16.8. The minimum Gasteiger partial charge on any atom is -0.406 e. The van der Waals surface area contributed by atoms with Gasteiger partial charge in [0.2, 0.25) is 0 Å². The molecule has 5 atom stereocenters. The van der Waals surface area contributed by atoms with Crippen molar-refractivity contribution in [1.82, 2.24) is 51.5 Å². The minimum absolute atomic E-state index is 0.000932. The number of para-hydroxylation sites is 1. The first-order chi connectivity index (χ1) is 53.8. The molecule has 604 valence electrons. The number of hydrogen-bond acceptors (Lipinski definition) is 17. The Kier molecular flexibility index (Phi) is 35.0. The van der Waals surface area contributed by atoms with Crippen LogP contribution in [0.1, 0.15) is 73.6 Å². The van der Waals surface area contributed by atoms with Crippen LogP contribution in [0.25, 0.3) is 56.3 Å². The summed E-state index contributed by atoms with van der Waals surface area (Å²) in [6, 6.07) is 45.5. The third-order valence-corrected chi connectivity index (χ3v) is 17.8. The molecule has 0 aliphatic heterocycles. The summed E-state index contributed by atoms with van der Waals surface area (Å²) in [5.74, 6) is -0.383. The molecule has 0 spiro atoms. The fourth-order valence-electron chi connectivity index (χ4n) is 11.2. The van der Waals surface area contributed by atoms with Crippen molar-refractivity contribution >= 4 is 40.5 Å². The molecule has 5 heterocycles. The third kappa shape index (κ3) is 29.9. The summed E-state index contributed by atoms with van der Waals surface area (Å²) in [6.07, 6.45) is -7.62. The van der Waals surface area contributed by atoms with E-state index in [9.17, 15) is 76.7 Å². The number of nitrogens with zero attached hydrogens (tertiary/aromatic N) is 5. The first-order valence-electron chi connectivity index (χ1n) is 35.3. The number of benzene rings is 5. The van der Waals surface area contributed by atoms with Crippen molar-refractivity contribution in [2.45, 2.75) is 122 Å². The zero-order valence-electron chi connectivity index (χ0n) is 63.6. The predicted molar refractivity (Wildman–Crippen MR) is 413 cm³/mol. The van der Waals surface area contributed by atoms with E-state index >= 15 is 0 Å². The molecule has 10 rings (SSSR count). The Balaban J connectivity index is 0.000000222. The zero-order chi connectivity index (χ0) is 84.1. The van der Waals surface area contributed by atoms with E-state index in [1.165, 1.54) is 94.6 Å². The van der Waals surface area contributed by atoms with Crippen LogP contribution in [0, 0.1) is 0 Å². The van der Waals surface area contributed by atoms with Gasteiger partial charge in [-0.3, -0.25) is 48.9 Å². The smallest absolute Gasteiger partial charge is 0.406 e. The van der Waals surface area contributed by atoms with Gasteiger partial charge in [-0.2, -0.15) is 26.3 Å². The van der Waals surface area contributed by atoms with Gasteiger partial charge in [0.1, 0.15) is 40.4 Å². The van der Waals surface area contributed by atoms with Crippen LogP contribution >= 0.6 is 11.6 Å². The lowest BCUT2D eigenvalue weighted by Crippen LogP contribution is -2.34. The molecule has 10 aromatic rings. The minimum atomic E-state index is -4.77. The van der Waals surface area contributed by atoms with Crippen LogP contribution < -0.4 is 36.1 Å². The highest BCUT2D eigenvalue weighted by Crippen LogP contribution is 2.38. The number of likely N-dealkylation sites (N-methyl/N-ethyl adjacent to an activating group) is 5. The van der Waals surface area contributed by atoms with E-state index < -0.39 is 36.2 Å². The van der Waals surface area contributed by atoms with Crippen LogP contribution in [0.15, 0.2) is 213 Å². The molecule has 0 fully saturated rings. The van der Waals surface area contributed by atoms with Crippen molar-refractivity contribution in [3.63, 3.8) is 0 Å². The van der Waals surface area contributed by atoms with E-state index in [4.69, 9.17) is 11.6 Å². The molecule has 5 N–H and O–H groups in total. The van der Waals surface area contributed by atoms with E-state index in [0.717, 1.165) is 57.3 Å². The fraction of sp³-hybridized carbons (Fsp3) is 0.286. The highest BCUT2D eigenvalue weighted by atomic mass is 35.5. The number of Topliss-reactive ketones (excluding diaryl/α,β-unsaturated/α-hetero) is 5. The standard InChI is InChI=1S/2C17H17F3N2O2.2C17H17F3N2O.C16H17ClN2O/c1-11(23)16(21-2)9-12-3-8-15(22-10-12)13-4-6-14(7-5-13)24-17(18,19)20;1-11(23)15(21-2)9-12-7-8-14(22-10-12)13-5-3-4-6-16(13)24-17(18,19)20;1-11(23)16(21-2)8-12-6-7-15(22-10-12)13-4-3-5-14(9-13)17(18,19)20;1-11(23)16(21-2)9-12-7-8-15(22-10-12)13-5-3-4-6-14(13)17(18,19)20;1-11(20)16(18-2)9-12-7-8-15(19-10-12)13-5-3-4-6-14(13)17/h3-8,10,16,21H,9H2,1-2H3;3-8,10,15,21H,9H2,1-2H3;3-7,9-10,16,21H,8H2,1-2H3;3-8,10,16,21H,9H2,1-2H3;3-8,10,16,18H,9H2,1-2H3/t16-;15-;3*16-/m00000/s1. The number of rotatable bonds is 27. The van der Waals surface area contributed by atoms with Gasteiger partial charge >= 0.3 is 25.1 Å². The topological polar surface area (TPSA) is 228 Å². The van der Waals surface area contributed by atoms with Crippen LogP contribution in [0.5, 0.6) is 11.5 Å². The number of nitrogens with one attached hydrogen (secondary N) is 5. The quantitative estimate of drug-likeness (QED) is 0.0302. The molecule has 17 nitrogen and oxygen atoms in total. The van der Waals surface area contributed by atoms with Crippen molar-refractivity contribution < 1.29 is 86.1 Å². The average Bonchev–Trinajstić information content (AvgIpc) is 0.825. The Morgan fingerprint density at radius 1 is 0.342 bits per heavy atom. The van der Waals surface area contributed by atoms with Gasteiger partial charge in [0.05, 0.1) is 69.8 Å². The highest BCUT2D eigenvalue weighted by molar-refractivity contribution is 6.33. The Labute approximate surface area is 657 Å². The maximum Gasteiger partial charge on any atom is 0.573 e. The number of halogens is 13. The molecule has 30 heteroatoms. The molecule has 0 saturated carbocycles. The second-order valence-electron chi connectivity index (χ2n) is 25.8. The van der Waals surface area contributed by atoms with Crippen LogP contribution in [0.4, 0.5) is 52.7 Å². The van der Waals surface area contributed by atoms with E-state index in [1.54, 1.807) is 128 Å². The number of ketones is 5. The number of alkyl halides is 12. The number of hydrogen-bond donors (Lipinski definition) is 5. The second-order valence-corrected chi connectivity index (χ2v) is 26.2. The molecule has 0 radical (unpaired) electrons. The number of pyridine rings is 5. The van der Waals surface area contributed by atoms with Gasteiger partial charge in [0.15, 0.2) is 0 Å². The summed E-state index contributed by atoms with van der Waals surface area (Å²) < 4.78 is 159. The summed E-state index contributed by atoms with van der Waals surface area (Å²) >= 11 is 6.15. The molecule has 0 saturated heterocycles. The van der Waals surface area contributed by atoms with Crippen molar-refractivity contribution in [3.05, 3.63) is 257 Å². The van der Waals surface area contributed by atoms with E-state index in [2.05, 4.69) is 61.0 Å². The van der Waals surface area contributed by atoms with Gasteiger partial charge in [0, 0.05) is 63.8 Å². The SMILES string of the molecule is CN[C@@H](Cc1ccc(-c2ccc(OC(F)(F)F)cc2)nc1)C(C)=O.CN[C@@H](Cc1ccc(-c2cccc(C(F)(F)F)c2)nc1)C(C)=O.CN[C@@H](Cc1ccc(-c2ccccc2C(F)(F)F)nc1)C(C)=O.CN[C@@H](Cc1ccc(-c2ccccc2Cl)nc1)C(C)=O.CN[C@@H](Cc1ccc(-c2ccccc2OC(F)(F)F)nc1)C(C)=O. The normalized spacial score (nSPS) is 12.7. The van der Waals surface area contributed by atoms with Crippen molar-refractivity contribution in [1.29, 1.82) is 0 Å². The van der Waals surface area contributed by atoms with Gasteiger partial charge in [0.25, 0.3) is 0 Å². The molecule has 0 bridgehead atoms. The molecule has 0 amide bonds. The Hall–Kier alpha value is -11.0. The Bertz CT molecular complexity index is 4730. The van der Waals surface area contributed by atoms with Crippen LogP contribution in [0.2, 0.25) is 5.02 Å². The molecular formula is C84H85ClF12N10O7. The molecule has 0 aliphatic rings. The van der Waals surface area contributed by atoms with Crippen molar-refractivity contribution in [2.75, 3.05) is 35.2 Å². The molecule has 114 heavy (non-hydrogen) atoms. The summed E-state index contributed by atoms with van der Waals surface area (Å²) in [7, 11) is 8.60. The van der Waals surface area contributed by atoms with Crippen molar-refractivity contribution in [3.8, 4) is 67.8 Å². The van der Waals surface area contributed by atoms with Gasteiger partial charge in [-0.25, -0.2) is 0 Å². The maximum atomic E-state index is 13.0. The lowest BCUT2D eigenvalue weighted by atomic mass is 10.0. The van der Waals surface area contributed by atoms with Crippen molar-refractivity contribution in [2.24, 2.45) is 0 Å². The Morgan fingerprint density at radius 3 is 1.00 bits per heavy atom. The molecular weight excluding hydrogens is 1520 g/mol. The number of carbonyl (C=O) groups excluding carboxylic acids is 5. The first-order valence-corrected chi connectivity index (χ1v) is 35.6. The molecule has 0 aliphatic carbocycles. The zero-order valence-corrected chi connectivity index (χ0v) is 64.4. The van der Waals surface area contributed by atoms with Gasteiger partial charge in [-0.1, -0.05) is 103 Å². The highest BCUT2D eigenvalue weighted by Gasteiger charge is 2.35. The summed E-state index contributed by atoms with van der Waals surface area (Å²) in [6.45, 7) is 7.60. The molecule has 0 unspecified atom stereocenters. The molecule has 5 aromatic carbocycles. The van der Waals surface area contributed by atoms with E-state index in [1.807, 2.05) is 42.5 Å². The van der Waals surface area contributed by atoms with Crippen LogP contribution in [-0.2, 0) is 68.4 Å². The van der Waals surface area contributed by atoms with Crippen LogP contribution in [-0.4, -0.2) is 132 Å². The number of carbonyl (C=O) groups is 5. The number of ether oxygens (including phenoxy) is 2. The van der Waals surface area contributed by atoms with Gasteiger partial charge < -0.3 is 36.1 Å².